The molecule has 14 heavy (non-hydrogen) atoms. The minimum atomic E-state index is -0.171. The van der Waals surface area contributed by atoms with Gasteiger partial charge in [0.25, 0.3) is 0 Å². The van der Waals surface area contributed by atoms with E-state index in [1.54, 1.807) is 7.11 Å². The Morgan fingerprint density at radius 3 is 2.43 bits per heavy atom. The maximum Gasteiger partial charge on any atom is 0.222 e. The molecule has 1 atom stereocenters. The third-order valence-corrected chi connectivity index (χ3v) is 1.83. The summed E-state index contributed by atoms with van der Waals surface area (Å²) >= 11 is 0. The zero-order valence-electron chi connectivity index (χ0n) is 9.59. The normalized spacial score (nSPS) is 13.8. The largest absolute Gasteiger partial charge is 0.380 e. The van der Waals surface area contributed by atoms with E-state index in [9.17, 15) is 4.79 Å². The molecule has 0 aliphatic heterocycles. The van der Waals surface area contributed by atoms with Crippen LogP contribution in [0.5, 0.6) is 0 Å². The number of amides is 1. The van der Waals surface area contributed by atoms with Crippen molar-refractivity contribution < 1.29 is 9.53 Å². The van der Waals surface area contributed by atoms with Crippen molar-refractivity contribution in [1.29, 1.82) is 0 Å². The summed E-state index contributed by atoms with van der Waals surface area (Å²) in [6.45, 7) is 7.27. The second-order valence-electron chi connectivity index (χ2n) is 4.63. The molecule has 1 amide bonds. The minimum absolute atomic E-state index is 0.00257. The lowest BCUT2D eigenvalue weighted by molar-refractivity contribution is -0.123. The van der Waals surface area contributed by atoms with Crippen LogP contribution in [-0.2, 0) is 9.53 Å². The first kappa shape index (κ1) is 13.4. The molecule has 0 saturated heterocycles. The first-order chi connectivity index (χ1) is 6.39. The summed E-state index contributed by atoms with van der Waals surface area (Å²) in [6, 6.07) is 0. The first-order valence-electron chi connectivity index (χ1n) is 4.88. The fourth-order valence-electron chi connectivity index (χ4n) is 0.906. The summed E-state index contributed by atoms with van der Waals surface area (Å²) in [5.74, 6) is -0.00257. The van der Waals surface area contributed by atoms with E-state index in [-0.39, 0.29) is 17.4 Å². The highest BCUT2D eigenvalue weighted by atomic mass is 16.5. The first-order valence-corrected chi connectivity index (χ1v) is 4.88. The van der Waals surface area contributed by atoms with E-state index in [1.807, 2.05) is 0 Å². The number of nitrogens with two attached hydrogens (primary N) is 1. The number of ether oxygens (including phenoxy) is 1. The van der Waals surface area contributed by atoms with Gasteiger partial charge in [-0.1, -0.05) is 20.8 Å². The van der Waals surface area contributed by atoms with E-state index in [2.05, 4.69) is 26.1 Å². The number of nitrogens with one attached hydrogen (secondary N) is 1. The smallest absolute Gasteiger partial charge is 0.222 e. The van der Waals surface area contributed by atoms with Gasteiger partial charge in [-0.25, -0.2) is 0 Å². The molecule has 4 nitrogen and oxygen atoms in total. The zero-order chi connectivity index (χ0) is 11.2. The van der Waals surface area contributed by atoms with Crippen LogP contribution in [0.25, 0.3) is 0 Å². The highest BCUT2D eigenvalue weighted by molar-refractivity contribution is 5.76. The molecule has 4 heteroatoms. The van der Waals surface area contributed by atoms with Gasteiger partial charge in [-0.3, -0.25) is 4.79 Å². The molecule has 0 saturated carbocycles. The number of hydrogen-bond donors (Lipinski definition) is 2. The Kier molecular flexibility index (Phi) is 5.72. The molecular formula is C10H22N2O2. The molecule has 0 aliphatic rings. The van der Waals surface area contributed by atoms with Gasteiger partial charge in [-0.2, -0.15) is 0 Å². The Hall–Kier alpha value is -0.610. The topological polar surface area (TPSA) is 64.3 Å². The van der Waals surface area contributed by atoms with Crippen LogP contribution in [0.4, 0.5) is 0 Å². The van der Waals surface area contributed by atoms with Crippen molar-refractivity contribution in [3.05, 3.63) is 0 Å². The molecule has 1 unspecified atom stereocenters. The van der Waals surface area contributed by atoms with Crippen molar-refractivity contribution in [2.45, 2.75) is 33.3 Å². The predicted octanol–water partition coefficient (Wildman–Crippen LogP) is 0.513. The van der Waals surface area contributed by atoms with E-state index in [0.717, 1.165) is 0 Å². The summed E-state index contributed by atoms with van der Waals surface area (Å²) in [4.78, 5) is 11.4. The number of carbonyl (C=O) groups is 1. The number of hydrogen-bond acceptors (Lipinski definition) is 3. The Labute approximate surface area is 86.2 Å². The van der Waals surface area contributed by atoms with Crippen molar-refractivity contribution in [2.75, 3.05) is 20.2 Å². The van der Waals surface area contributed by atoms with E-state index in [1.165, 1.54) is 0 Å². The summed E-state index contributed by atoms with van der Waals surface area (Å²) in [7, 11) is 1.56. The highest BCUT2D eigenvalue weighted by Crippen LogP contribution is 2.10. The molecular weight excluding hydrogens is 180 g/mol. The van der Waals surface area contributed by atoms with Crippen molar-refractivity contribution in [1.82, 2.24) is 5.32 Å². The molecule has 0 aromatic carbocycles. The maximum absolute atomic E-state index is 11.4. The summed E-state index contributed by atoms with van der Waals surface area (Å²) < 4.78 is 5.02. The van der Waals surface area contributed by atoms with Crippen LogP contribution in [0.15, 0.2) is 0 Å². The van der Waals surface area contributed by atoms with Crippen LogP contribution in [0.1, 0.15) is 27.2 Å². The van der Waals surface area contributed by atoms with Gasteiger partial charge in [-0.15, -0.1) is 0 Å². The molecule has 0 aromatic rings. The standard InChI is InChI=1S/C10H22N2O2/c1-10(2,3)7-12-9(13)5-8(6-11)14-4/h8H,5-7,11H2,1-4H3,(H,12,13). The lowest BCUT2D eigenvalue weighted by Crippen LogP contribution is -2.36. The maximum atomic E-state index is 11.4. The quantitative estimate of drug-likeness (QED) is 0.683. The van der Waals surface area contributed by atoms with E-state index in [4.69, 9.17) is 10.5 Å². The van der Waals surface area contributed by atoms with Crippen molar-refractivity contribution in [3.8, 4) is 0 Å². The summed E-state index contributed by atoms with van der Waals surface area (Å²) in [5, 5.41) is 2.85. The Morgan fingerprint density at radius 1 is 1.50 bits per heavy atom. The van der Waals surface area contributed by atoms with E-state index < -0.39 is 0 Å². The Balaban J connectivity index is 3.75. The van der Waals surface area contributed by atoms with Gasteiger partial charge in [0.1, 0.15) is 0 Å². The third-order valence-electron chi connectivity index (χ3n) is 1.83. The lowest BCUT2D eigenvalue weighted by Gasteiger charge is -2.19. The molecule has 0 aromatic heterocycles. The molecule has 0 bridgehead atoms. The van der Waals surface area contributed by atoms with Gasteiger partial charge in [0.2, 0.25) is 5.91 Å². The molecule has 84 valence electrons. The molecule has 0 heterocycles. The Bertz CT molecular complexity index is 171. The fourth-order valence-corrected chi connectivity index (χ4v) is 0.906. The van der Waals surface area contributed by atoms with Gasteiger partial charge in [-0.05, 0) is 5.41 Å². The van der Waals surface area contributed by atoms with E-state index >= 15 is 0 Å². The van der Waals surface area contributed by atoms with Gasteiger partial charge < -0.3 is 15.8 Å². The molecule has 0 aliphatic carbocycles. The van der Waals surface area contributed by atoms with Crippen molar-refractivity contribution in [3.63, 3.8) is 0 Å². The predicted molar refractivity (Wildman–Crippen MR) is 56.9 cm³/mol. The van der Waals surface area contributed by atoms with Crippen molar-refractivity contribution >= 4 is 5.91 Å². The molecule has 3 N–H and O–H groups in total. The SMILES string of the molecule is COC(CN)CC(=O)NCC(C)(C)C. The third kappa shape index (κ3) is 6.86. The summed E-state index contributed by atoms with van der Waals surface area (Å²) in [5.41, 5.74) is 5.52. The van der Waals surface area contributed by atoms with Crippen LogP contribution in [0.3, 0.4) is 0 Å². The minimum Gasteiger partial charge on any atom is -0.380 e. The number of rotatable bonds is 5. The molecule has 0 spiro atoms. The average Bonchev–Trinajstić information content (AvgIpc) is 2.09. The van der Waals surface area contributed by atoms with Gasteiger partial charge in [0.15, 0.2) is 0 Å². The van der Waals surface area contributed by atoms with Crippen LogP contribution in [-0.4, -0.2) is 32.2 Å². The molecule has 0 radical (unpaired) electrons. The zero-order valence-corrected chi connectivity index (χ0v) is 9.59. The fraction of sp³-hybridized carbons (Fsp3) is 0.900. The van der Waals surface area contributed by atoms with Crippen LogP contribution in [0.2, 0.25) is 0 Å². The monoisotopic (exact) mass is 202 g/mol. The average molecular weight is 202 g/mol. The van der Waals surface area contributed by atoms with Crippen LogP contribution < -0.4 is 11.1 Å². The number of carbonyl (C=O) groups excluding carboxylic acids is 1. The highest BCUT2D eigenvalue weighted by Gasteiger charge is 2.14. The second kappa shape index (κ2) is 5.98. The molecule has 0 rings (SSSR count). The van der Waals surface area contributed by atoms with Gasteiger partial charge >= 0.3 is 0 Å². The van der Waals surface area contributed by atoms with Gasteiger partial charge in [0, 0.05) is 20.2 Å². The molecule has 0 fully saturated rings. The second-order valence-corrected chi connectivity index (χ2v) is 4.63. The number of methoxy groups -OCH3 is 1. The summed E-state index contributed by atoms with van der Waals surface area (Å²) in [6.07, 6.45) is 0.165. The van der Waals surface area contributed by atoms with Crippen LogP contribution >= 0.6 is 0 Å². The van der Waals surface area contributed by atoms with Crippen LogP contribution in [0, 0.1) is 5.41 Å². The van der Waals surface area contributed by atoms with Crippen molar-refractivity contribution in [2.24, 2.45) is 11.1 Å². The Morgan fingerprint density at radius 2 is 2.07 bits per heavy atom. The van der Waals surface area contributed by atoms with E-state index in [0.29, 0.717) is 19.5 Å². The lowest BCUT2D eigenvalue weighted by atomic mass is 9.97. The van der Waals surface area contributed by atoms with Gasteiger partial charge in [0.05, 0.1) is 12.5 Å².